The third kappa shape index (κ3) is 4.35. The largest absolute Gasteiger partial charge is 0.573 e. The Morgan fingerprint density at radius 3 is 2.52 bits per heavy atom. The zero-order chi connectivity index (χ0) is 15.5. The Morgan fingerprint density at radius 2 is 1.95 bits per heavy atom. The lowest BCUT2D eigenvalue weighted by Gasteiger charge is -2.17. The lowest BCUT2D eigenvalue weighted by Crippen LogP contribution is -2.29. The molecule has 2 rings (SSSR count). The maximum Gasteiger partial charge on any atom is 0.573 e. The predicted molar refractivity (Wildman–Crippen MR) is 71.6 cm³/mol. The number of halogens is 3. The Balaban J connectivity index is 1.95. The van der Waals surface area contributed by atoms with E-state index in [1.54, 1.807) is 0 Å². The van der Waals surface area contributed by atoms with E-state index in [1.807, 2.05) is 0 Å². The minimum atomic E-state index is -4.72. The van der Waals surface area contributed by atoms with E-state index in [-0.39, 0.29) is 23.5 Å². The summed E-state index contributed by atoms with van der Waals surface area (Å²) >= 11 is 0. The molecule has 1 saturated carbocycles. The number of ether oxygens (including phenoxy) is 1. The average Bonchev–Trinajstić information content (AvgIpc) is 2.87. The second-order valence-electron chi connectivity index (χ2n) is 5.09. The SMILES string of the molecule is NC[C@H]1CCC[C@H]1C(=O)Nc1ccc(OC(F)(F)F)cc1. The van der Waals surface area contributed by atoms with Gasteiger partial charge in [0.1, 0.15) is 5.75 Å². The lowest BCUT2D eigenvalue weighted by atomic mass is 9.95. The fourth-order valence-electron chi connectivity index (χ4n) is 2.64. The van der Waals surface area contributed by atoms with E-state index in [2.05, 4.69) is 10.1 Å². The molecule has 3 N–H and O–H groups in total. The summed E-state index contributed by atoms with van der Waals surface area (Å²) in [5, 5.41) is 2.71. The van der Waals surface area contributed by atoms with Gasteiger partial charge in [-0.2, -0.15) is 0 Å². The number of carbonyl (C=O) groups is 1. The summed E-state index contributed by atoms with van der Waals surface area (Å²) in [5.41, 5.74) is 6.07. The summed E-state index contributed by atoms with van der Waals surface area (Å²) in [5.74, 6) is -0.396. The Hall–Kier alpha value is -1.76. The smallest absolute Gasteiger partial charge is 0.406 e. The second-order valence-corrected chi connectivity index (χ2v) is 5.09. The molecule has 2 atom stereocenters. The Morgan fingerprint density at radius 1 is 1.29 bits per heavy atom. The Bertz CT molecular complexity index is 488. The van der Waals surface area contributed by atoms with Gasteiger partial charge in [0.25, 0.3) is 0 Å². The number of amides is 1. The molecule has 0 heterocycles. The number of anilines is 1. The minimum absolute atomic E-state index is 0.124. The highest BCUT2D eigenvalue weighted by Crippen LogP contribution is 2.32. The van der Waals surface area contributed by atoms with Gasteiger partial charge in [-0.15, -0.1) is 13.2 Å². The molecule has 0 saturated heterocycles. The van der Waals surface area contributed by atoms with E-state index in [4.69, 9.17) is 5.73 Å². The molecule has 21 heavy (non-hydrogen) atoms. The van der Waals surface area contributed by atoms with Gasteiger partial charge in [0.05, 0.1) is 0 Å². The number of rotatable bonds is 4. The van der Waals surface area contributed by atoms with Crippen LogP contribution in [0.5, 0.6) is 5.75 Å². The molecular formula is C14H17F3N2O2. The first-order valence-electron chi connectivity index (χ1n) is 6.76. The fourth-order valence-corrected chi connectivity index (χ4v) is 2.64. The topological polar surface area (TPSA) is 64.4 Å². The summed E-state index contributed by atoms with van der Waals surface area (Å²) in [4.78, 5) is 12.1. The zero-order valence-electron chi connectivity index (χ0n) is 11.3. The van der Waals surface area contributed by atoms with Crippen molar-refractivity contribution in [3.63, 3.8) is 0 Å². The molecular weight excluding hydrogens is 285 g/mol. The summed E-state index contributed by atoms with van der Waals surface area (Å²) < 4.78 is 39.9. The highest BCUT2D eigenvalue weighted by Gasteiger charge is 2.32. The number of hydrogen-bond donors (Lipinski definition) is 2. The monoisotopic (exact) mass is 302 g/mol. The van der Waals surface area contributed by atoms with Gasteiger partial charge in [-0.3, -0.25) is 4.79 Å². The van der Waals surface area contributed by atoms with Crippen molar-refractivity contribution in [1.82, 2.24) is 0 Å². The third-order valence-electron chi connectivity index (χ3n) is 3.65. The van der Waals surface area contributed by atoms with Crippen molar-refractivity contribution in [3.05, 3.63) is 24.3 Å². The number of alkyl halides is 3. The first-order chi connectivity index (χ1) is 9.89. The summed E-state index contributed by atoms with van der Waals surface area (Å²) in [6, 6.07) is 5.09. The molecule has 0 radical (unpaired) electrons. The zero-order valence-corrected chi connectivity index (χ0v) is 11.3. The molecule has 0 bridgehead atoms. The molecule has 1 amide bonds. The van der Waals surface area contributed by atoms with Crippen LogP contribution in [0.2, 0.25) is 0 Å². The van der Waals surface area contributed by atoms with Gasteiger partial charge in [-0.05, 0) is 49.6 Å². The van der Waals surface area contributed by atoms with Crippen LogP contribution in [0.15, 0.2) is 24.3 Å². The number of hydrogen-bond acceptors (Lipinski definition) is 3. The van der Waals surface area contributed by atoms with Crippen LogP contribution in [-0.2, 0) is 4.79 Å². The van der Waals surface area contributed by atoms with E-state index in [1.165, 1.54) is 12.1 Å². The Kier molecular flexibility index (Phi) is 4.72. The van der Waals surface area contributed by atoms with Gasteiger partial charge in [-0.1, -0.05) is 6.42 Å². The molecule has 1 fully saturated rings. The van der Waals surface area contributed by atoms with Crippen LogP contribution in [0.1, 0.15) is 19.3 Å². The summed E-state index contributed by atoms with van der Waals surface area (Å²) in [6.45, 7) is 0.469. The van der Waals surface area contributed by atoms with Gasteiger partial charge in [0.2, 0.25) is 5.91 Å². The minimum Gasteiger partial charge on any atom is -0.406 e. The molecule has 0 aliphatic heterocycles. The van der Waals surface area contributed by atoms with Crippen LogP contribution in [0.25, 0.3) is 0 Å². The van der Waals surface area contributed by atoms with Gasteiger partial charge >= 0.3 is 6.36 Å². The quantitative estimate of drug-likeness (QED) is 0.899. The van der Waals surface area contributed by atoms with Crippen molar-refractivity contribution < 1.29 is 22.7 Å². The van der Waals surface area contributed by atoms with Crippen LogP contribution >= 0.6 is 0 Å². The molecule has 0 unspecified atom stereocenters. The molecule has 1 aromatic carbocycles. The first kappa shape index (κ1) is 15.6. The van der Waals surface area contributed by atoms with Crippen molar-refractivity contribution in [2.75, 3.05) is 11.9 Å². The molecule has 7 heteroatoms. The van der Waals surface area contributed by atoms with Crippen LogP contribution in [0, 0.1) is 11.8 Å². The fraction of sp³-hybridized carbons (Fsp3) is 0.500. The molecule has 1 aromatic rings. The van der Waals surface area contributed by atoms with Crippen molar-refractivity contribution in [3.8, 4) is 5.75 Å². The third-order valence-corrected chi connectivity index (χ3v) is 3.65. The molecule has 0 spiro atoms. The molecule has 116 valence electrons. The van der Waals surface area contributed by atoms with Crippen LogP contribution < -0.4 is 15.8 Å². The van der Waals surface area contributed by atoms with Crippen molar-refractivity contribution in [2.45, 2.75) is 25.6 Å². The van der Waals surface area contributed by atoms with E-state index in [9.17, 15) is 18.0 Å². The standard InChI is InChI=1S/C14H17F3N2O2/c15-14(16,17)21-11-6-4-10(5-7-11)19-13(20)12-3-1-2-9(12)8-18/h4-7,9,12H,1-3,8,18H2,(H,19,20)/t9-,12-/m1/s1. The number of nitrogens with one attached hydrogen (secondary N) is 1. The van der Waals surface area contributed by atoms with Crippen LogP contribution in [0.3, 0.4) is 0 Å². The molecule has 1 aliphatic rings. The number of benzene rings is 1. The highest BCUT2D eigenvalue weighted by atomic mass is 19.4. The summed E-state index contributed by atoms with van der Waals surface area (Å²) in [7, 11) is 0. The predicted octanol–water partition coefficient (Wildman–Crippen LogP) is 2.90. The maximum absolute atomic E-state index is 12.1. The van der Waals surface area contributed by atoms with Crippen molar-refractivity contribution >= 4 is 11.6 Å². The normalized spacial score (nSPS) is 22.1. The van der Waals surface area contributed by atoms with E-state index in [0.717, 1.165) is 31.4 Å². The van der Waals surface area contributed by atoms with Crippen molar-refractivity contribution in [2.24, 2.45) is 17.6 Å². The van der Waals surface area contributed by atoms with Crippen molar-refractivity contribution in [1.29, 1.82) is 0 Å². The number of carbonyl (C=O) groups excluding carboxylic acids is 1. The Labute approximate surface area is 120 Å². The van der Waals surface area contributed by atoms with Crippen LogP contribution in [-0.4, -0.2) is 18.8 Å². The highest BCUT2D eigenvalue weighted by molar-refractivity contribution is 5.93. The maximum atomic E-state index is 12.1. The van der Waals surface area contributed by atoms with Gasteiger partial charge in [-0.25, -0.2) is 0 Å². The van der Waals surface area contributed by atoms with E-state index in [0.29, 0.717) is 12.2 Å². The first-order valence-corrected chi connectivity index (χ1v) is 6.76. The van der Waals surface area contributed by atoms with Gasteiger partial charge in [0, 0.05) is 11.6 Å². The van der Waals surface area contributed by atoms with E-state index >= 15 is 0 Å². The van der Waals surface area contributed by atoms with Gasteiger partial charge in [0.15, 0.2) is 0 Å². The van der Waals surface area contributed by atoms with Crippen LogP contribution in [0.4, 0.5) is 18.9 Å². The molecule has 4 nitrogen and oxygen atoms in total. The second kappa shape index (κ2) is 6.34. The van der Waals surface area contributed by atoms with E-state index < -0.39 is 6.36 Å². The summed E-state index contributed by atoms with van der Waals surface area (Å²) in [6.07, 6.45) is -2.02. The average molecular weight is 302 g/mol. The molecule has 1 aliphatic carbocycles. The van der Waals surface area contributed by atoms with Gasteiger partial charge < -0.3 is 15.8 Å². The lowest BCUT2D eigenvalue weighted by molar-refractivity contribution is -0.274. The number of nitrogens with two attached hydrogens (primary N) is 1. The molecule has 0 aromatic heterocycles.